The van der Waals surface area contributed by atoms with Gasteiger partial charge in [-0.05, 0) is 0 Å². The lowest BCUT2D eigenvalue weighted by Crippen LogP contribution is -2.44. The zero-order valence-electron chi connectivity index (χ0n) is 9.96. The molecule has 1 aliphatic heterocycles. The van der Waals surface area contributed by atoms with Crippen molar-refractivity contribution in [3.05, 3.63) is 28.9 Å². The van der Waals surface area contributed by atoms with Crippen molar-refractivity contribution in [2.24, 2.45) is 0 Å². The van der Waals surface area contributed by atoms with Gasteiger partial charge in [0.05, 0.1) is 11.0 Å². The van der Waals surface area contributed by atoms with E-state index in [1.54, 1.807) is 0 Å². The van der Waals surface area contributed by atoms with Gasteiger partial charge in [-0.15, -0.1) is 0 Å². The molecule has 0 aliphatic carbocycles. The second kappa shape index (κ2) is 4.86. The summed E-state index contributed by atoms with van der Waals surface area (Å²) >= 11 is 6.08. The van der Waals surface area contributed by atoms with E-state index in [-0.39, 0.29) is 10.7 Å². The molecule has 0 unspecified atom stereocenters. The second-order valence-corrected chi connectivity index (χ2v) is 4.69. The van der Waals surface area contributed by atoms with Crippen LogP contribution in [-0.2, 0) is 0 Å². The number of rotatable bonds is 1. The highest BCUT2D eigenvalue weighted by atomic mass is 35.5. The second-order valence-electron chi connectivity index (χ2n) is 4.33. The zero-order chi connectivity index (χ0) is 13.4. The van der Waals surface area contributed by atoms with Crippen LogP contribution in [0.25, 0.3) is 11.0 Å². The van der Waals surface area contributed by atoms with Crippen LogP contribution >= 0.6 is 11.6 Å². The topological polar surface area (TPSA) is 41.1 Å². The summed E-state index contributed by atoms with van der Waals surface area (Å²) in [6.07, 6.45) is 0. The van der Waals surface area contributed by atoms with Crippen molar-refractivity contribution in [1.29, 1.82) is 0 Å². The van der Waals surface area contributed by atoms with Gasteiger partial charge in [0, 0.05) is 38.3 Å². The highest BCUT2D eigenvalue weighted by Crippen LogP contribution is 2.26. The van der Waals surface area contributed by atoms with Gasteiger partial charge in [-0.2, -0.15) is 0 Å². The number of benzene rings is 1. The number of halogens is 3. The maximum atomic E-state index is 13.2. The monoisotopic (exact) mass is 284 g/mol. The van der Waals surface area contributed by atoms with Crippen LogP contribution in [0.3, 0.4) is 0 Å². The number of hydrogen-bond donors (Lipinski definition) is 1. The summed E-state index contributed by atoms with van der Waals surface area (Å²) in [6, 6.07) is 2.05. The molecule has 0 saturated carbocycles. The van der Waals surface area contributed by atoms with Crippen molar-refractivity contribution in [1.82, 2.24) is 15.3 Å². The first-order chi connectivity index (χ1) is 9.15. The zero-order valence-corrected chi connectivity index (χ0v) is 10.7. The molecule has 1 aromatic heterocycles. The first-order valence-electron chi connectivity index (χ1n) is 5.93. The van der Waals surface area contributed by atoms with Gasteiger partial charge in [0.2, 0.25) is 0 Å². The average molecular weight is 285 g/mol. The van der Waals surface area contributed by atoms with Crippen molar-refractivity contribution < 1.29 is 8.78 Å². The predicted molar refractivity (Wildman–Crippen MR) is 69.5 cm³/mol. The molecular formula is C12H11ClF2N4. The number of piperazine rings is 1. The number of hydrogen-bond acceptors (Lipinski definition) is 4. The van der Waals surface area contributed by atoms with Crippen LogP contribution in [-0.4, -0.2) is 36.1 Å². The molecule has 2 aromatic rings. The van der Waals surface area contributed by atoms with Crippen LogP contribution in [0.15, 0.2) is 12.1 Å². The largest absolute Gasteiger partial charge is 0.351 e. The molecule has 4 nitrogen and oxygen atoms in total. The van der Waals surface area contributed by atoms with E-state index in [0.717, 1.165) is 38.3 Å². The van der Waals surface area contributed by atoms with E-state index >= 15 is 0 Å². The van der Waals surface area contributed by atoms with Crippen molar-refractivity contribution in [2.45, 2.75) is 0 Å². The van der Waals surface area contributed by atoms with Crippen LogP contribution in [0.5, 0.6) is 0 Å². The maximum Gasteiger partial charge on any atom is 0.172 e. The highest BCUT2D eigenvalue weighted by Gasteiger charge is 2.17. The fourth-order valence-corrected chi connectivity index (χ4v) is 2.35. The van der Waals surface area contributed by atoms with Gasteiger partial charge in [0.15, 0.2) is 22.6 Å². The summed E-state index contributed by atoms with van der Waals surface area (Å²) < 4.78 is 26.4. The summed E-state index contributed by atoms with van der Waals surface area (Å²) in [7, 11) is 0. The fourth-order valence-electron chi connectivity index (χ4n) is 2.10. The molecule has 7 heteroatoms. The molecule has 1 fully saturated rings. The molecule has 100 valence electrons. The lowest BCUT2D eigenvalue weighted by molar-refractivity contribution is 0.510. The highest BCUT2D eigenvalue weighted by molar-refractivity contribution is 6.32. The van der Waals surface area contributed by atoms with Gasteiger partial charge in [0.1, 0.15) is 0 Å². The van der Waals surface area contributed by atoms with E-state index in [0.29, 0.717) is 11.3 Å². The Morgan fingerprint density at radius 1 is 1.05 bits per heavy atom. The number of nitrogens with one attached hydrogen (secondary N) is 1. The van der Waals surface area contributed by atoms with Crippen molar-refractivity contribution in [3.8, 4) is 0 Å². The molecular weight excluding hydrogens is 274 g/mol. The molecule has 2 heterocycles. The molecule has 0 bridgehead atoms. The first-order valence-corrected chi connectivity index (χ1v) is 6.31. The summed E-state index contributed by atoms with van der Waals surface area (Å²) in [4.78, 5) is 10.4. The summed E-state index contributed by atoms with van der Waals surface area (Å²) in [6.45, 7) is 3.16. The van der Waals surface area contributed by atoms with E-state index in [1.165, 1.54) is 0 Å². The number of fused-ring (bicyclic) bond motifs is 1. The summed E-state index contributed by atoms with van der Waals surface area (Å²) in [5.41, 5.74) is 0.555. The Balaban J connectivity index is 2.10. The van der Waals surface area contributed by atoms with Gasteiger partial charge >= 0.3 is 0 Å². The first kappa shape index (κ1) is 12.5. The Kier molecular flexibility index (Phi) is 3.20. The molecule has 1 aliphatic rings. The minimum Gasteiger partial charge on any atom is -0.351 e. The smallest absolute Gasteiger partial charge is 0.172 e. The Labute approximate surface area is 113 Å². The summed E-state index contributed by atoms with van der Waals surface area (Å²) in [5, 5.41) is 3.42. The van der Waals surface area contributed by atoms with E-state index in [1.807, 2.05) is 4.90 Å². The molecule has 0 radical (unpaired) electrons. The van der Waals surface area contributed by atoms with Gasteiger partial charge in [-0.1, -0.05) is 11.6 Å². The quantitative estimate of drug-likeness (QED) is 0.869. The van der Waals surface area contributed by atoms with E-state index in [9.17, 15) is 8.78 Å². The lowest BCUT2D eigenvalue weighted by atomic mass is 10.2. The van der Waals surface area contributed by atoms with E-state index < -0.39 is 11.6 Å². The predicted octanol–water partition coefficient (Wildman–Crippen LogP) is 1.97. The van der Waals surface area contributed by atoms with Crippen molar-refractivity contribution >= 4 is 28.5 Å². The van der Waals surface area contributed by atoms with Crippen LogP contribution in [0.2, 0.25) is 5.15 Å². The number of anilines is 1. The molecule has 0 atom stereocenters. The Morgan fingerprint density at radius 2 is 1.63 bits per heavy atom. The number of nitrogens with zero attached hydrogens (tertiary/aromatic N) is 3. The van der Waals surface area contributed by atoms with Gasteiger partial charge in [-0.3, -0.25) is 0 Å². The molecule has 19 heavy (non-hydrogen) atoms. The maximum absolute atomic E-state index is 13.2. The molecule has 0 spiro atoms. The molecule has 3 rings (SSSR count). The van der Waals surface area contributed by atoms with Crippen LogP contribution in [0, 0.1) is 11.6 Å². The summed E-state index contributed by atoms with van der Waals surface area (Å²) in [5.74, 6) is -1.37. The van der Waals surface area contributed by atoms with Crippen molar-refractivity contribution in [2.75, 3.05) is 31.1 Å². The number of aromatic nitrogens is 2. The third kappa shape index (κ3) is 2.33. The molecule has 1 saturated heterocycles. The lowest BCUT2D eigenvalue weighted by Gasteiger charge is -2.28. The Hall–Kier alpha value is -1.53. The van der Waals surface area contributed by atoms with Crippen LogP contribution < -0.4 is 10.2 Å². The molecule has 1 N–H and O–H groups in total. The van der Waals surface area contributed by atoms with Gasteiger partial charge in [-0.25, -0.2) is 18.7 Å². The minimum atomic E-state index is -0.951. The molecule has 0 amide bonds. The van der Waals surface area contributed by atoms with Gasteiger partial charge < -0.3 is 10.2 Å². The Bertz CT molecular complexity index is 629. The van der Waals surface area contributed by atoms with Crippen LogP contribution in [0.1, 0.15) is 0 Å². The SMILES string of the molecule is Fc1cc2nc(Cl)c(N3CCNCC3)nc2cc1F. The fraction of sp³-hybridized carbons (Fsp3) is 0.333. The van der Waals surface area contributed by atoms with Crippen molar-refractivity contribution in [3.63, 3.8) is 0 Å². The van der Waals surface area contributed by atoms with Gasteiger partial charge in [0.25, 0.3) is 0 Å². The van der Waals surface area contributed by atoms with E-state index in [2.05, 4.69) is 15.3 Å². The third-order valence-corrected chi connectivity index (χ3v) is 3.32. The minimum absolute atomic E-state index is 0.209. The third-order valence-electron chi connectivity index (χ3n) is 3.06. The Morgan fingerprint density at radius 3 is 2.26 bits per heavy atom. The van der Waals surface area contributed by atoms with Crippen LogP contribution in [0.4, 0.5) is 14.6 Å². The average Bonchev–Trinajstić information content (AvgIpc) is 2.41. The standard InChI is InChI=1S/C12H11ClF2N4/c13-11-12(19-3-1-16-2-4-19)18-10-6-8(15)7(14)5-9(10)17-11/h5-6,16H,1-4H2. The normalized spacial score (nSPS) is 16.1. The van der Waals surface area contributed by atoms with E-state index in [4.69, 9.17) is 11.6 Å². The molecule has 1 aromatic carbocycles.